The lowest BCUT2D eigenvalue weighted by atomic mass is 9.99. The summed E-state index contributed by atoms with van der Waals surface area (Å²) in [5, 5.41) is 29.3. The minimum atomic E-state index is -1.13. The van der Waals surface area contributed by atoms with Crippen molar-refractivity contribution in [2.24, 2.45) is 0 Å². The lowest BCUT2D eigenvalue weighted by Gasteiger charge is -2.13. The lowest BCUT2D eigenvalue weighted by molar-refractivity contribution is 0.0697. The third kappa shape index (κ3) is 5.55. The number of benzene rings is 2. The fourth-order valence-electron chi connectivity index (χ4n) is 3.53. The number of urea groups is 1. The number of carbonyl (C=O) groups is 2. The molecule has 4 rings (SSSR count). The minimum absolute atomic E-state index is 0.0164. The first-order valence-corrected chi connectivity index (χ1v) is 11.6. The first-order chi connectivity index (χ1) is 17.7. The molecule has 0 unspecified atom stereocenters. The summed E-state index contributed by atoms with van der Waals surface area (Å²) in [5.41, 5.74) is 1.33. The summed E-state index contributed by atoms with van der Waals surface area (Å²) in [7, 11) is 0. The zero-order valence-corrected chi connectivity index (χ0v) is 20.7. The van der Waals surface area contributed by atoms with Gasteiger partial charge in [0.2, 0.25) is 0 Å². The highest BCUT2D eigenvalue weighted by atomic mass is 35.5. The molecule has 0 saturated carbocycles. The number of nitrogens with one attached hydrogen (secondary N) is 2. The molecule has 0 aliphatic rings. The van der Waals surface area contributed by atoms with Crippen molar-refractivity contribution >= 4 is 46.6 Å². The largest absolute Gasteiger partial charge is 0.507 e. The Kier molecular flexibility index (Phi) is 7.42. The first-order valence-electron chi connectivity index (χ1n) is 10.8. The number of hydrogen-bond acceptors (Lipinski definition) is 6. The monoisotopic (exact) mass is 539 g/mol. The van der Waals surface area contributed by atoms with E-state index in [2.05, 4.69) is 20.7 Å². The number of aromatic carboxylic acids is 1. The number of carboxylic acid groups (broad SMARTS) is 1. The third-order valence-corrected chi connectivity index (χ3v) is 5.90. The molecule has 0 atom stereocenters. The van der Waals surface area contributed by atoms with Crippen LogP contribution >= 0.6 is 23.2 Å². The fourth-order valence-corrected chi connectivity index (χ4v) is 3.99. The predicted molar refractivity (Wildman–Crippen MR) is 141 cm³/mol. The molecule has 2 amide bonds. The van der Waals surface area contributed by atoms with Crippen LogP contribution in [0.3, 0.4) is 0 Å². The van der Waals surface area contributed by atoms with Gasteiger partial charge in [0.05, 0.1) is 27.0 Å². The van der Waals surface area contributed by atoms with Crippen LogP contribution in [0.5, 0.6) is 5.75 Å². The SMILES string of the molecule is CCn1nc(-c2cccc(-c3cc(C(=O)O)ccc3O)c2)cc(NC(=O)Nc2c(Cl)cncc2Cl)c1=O. The smallest absolute Gasteiger partial charge is 0.335 e. The molecule has 2 aromatic carbocycles. The van der Waals surface area contributed by atoms with E-state index in [-0.39, 0.29) is 39.3 Å². The second kappa shape index (κ2) is 10.7. The molecule has 0 aliphatic carbocycles. The van der Waals surface area contributed by atoms with Crippen molar-refractivity contribution in [3.05, 3.63) is 86.9 Å². The number of hydrogen-bond donors (Lipinski definition) is 4. The number of phenolic OH excluding ortho intramolecular Hbond substituents is 1. The third-order valence-electron chi connectivity index (χ3n) is 5.33. The van der Waals surface area contributed by atoms with Crippen molar-refractivity contribution in [1.82, 2.24) is 14.8 Å². The molecule has 12 heteroatoms. The van der Waals surface area contributed by atoms with Crippen LogP contribution in [0.15, 0.2) is 65.7 Å². The molecule has 37 heavy (non-hydrogen) atoms. The number of carbonyl (C=O) groups excluding carboxylic acids is 1. The van der Waals surface area contributed by atoms with E-state index in [0.29, 0.717) is 22.4 Å². The average molecular weight is 540 g/mol. The number of aromatic hydroxyl groups is 1. The predicted octanol–water partition coefficient (Wildman–Crippen LogP) is 5.35. The highest BCUT2D eigenvalue weighted by Crippen LogP contribution is 2.33. The number of aryl methyl sites for hydroxylation is 1. The Labute approximate surface area is 220 Å². The summed E-state index contributed by atoms with van der Waals surface area (Å²) in [6.45, 7) is 1.95. The summed E-state index contributed by atoms with van der Waals surface area (Å²) in [6.07, 6.45) is 2.63. The van der Waals surface area contributed by atoms with Gasteiger partial charge in [-0.1, -0.05) is 41.4 Å². The Morgan fingerprint density at radius 2 is 1.70 bits per heavy atom. The van der Waals surface area contributed by atoms with Crippen molar-refractivity contribution in [2.75, 3.05) is 10.6 Å². The molecule has 2 heterocycles. The van der Waals surface area contributed by atoms with Gasteiger partial charge in [-0.2, -0.15) is 5.10 Å². The van der Waals surface area contributed by atoms with Gasteiger partial charge in [-0.3, -0.25) is 9.78 Å². The first kappa shape index (κ1) is 25.7. The maximum atomic E-state index is 12.8. The van der Waals surface area contributed by atoms with E-state index in [4.69, 9.17) is 23.2 Å². The van der Waals surface area contributed by atoms with Crippen LogP contribution in [-0.2, 0) is 6.54 Å². The molecule has 2 aromatic heterocycles. The summed E-state index contributed by atoms with van der Waals surface area (Å²) < 4.78 is 1.19. The summed E-state index contributed by atoms with van der Waals surface area (Å²) in [4.78, 5) is 40.7. The van der Waals surface area contributed by atoms with Crippen molar-refractivity contribution in [2.45, 2.75) is 13.5 Å². The Morgan fingerprint density at radius 1 is 1.00 bits per heavy atom. The number of halogens is 2. The Morgan fingerprint density at radius 3 is 2.38 bits per heavy atom. The van der Waals surface area contributed by atoms with Crippen molar-refractivity contribution in [3.8, 4) is 28.1 Å². The molecule has 0 aliphatic heterocycles. The highest BCUT2D eigenvalue weighted by molar-refractivity contribution is 6.39. The second-order valence-corrected chi connectivity index (χ2v) is 8.55. The number of rotatable bonds is 6. The van der Waals surface area contributed by atoms with E-state index in [1.807, 2.05) is 0 Å². The van der Waals surface area contributed by atoms with E-state index >= 15 is 0 Å². The molecular formula is C25H19Cl2N5O5. The van der Waals surface area contributed by atoms with Gasteiger partial charge in [-0.15, -0.1) is 0 Å². The Bertz CT molecular complexity index is 1570. The van der Waals surface area contributed by atoms with E-state index in [9.17, 15) is 24.6 Å². The molecule has 0 saturated heterocycles. The van der Waals surface area contributed by atoms with Gasteiger partial charge in [0.1, 0.15) is 11.4 Å². The van der Waals surface area contributed by atoms with Gasteiger partial charge in [0.15, 0.2) is 0 Å². The van der Waals surface area contributed by atoms with E-state index in [1.165, 1.54) is 41.3 Å². The molecule has 0 fully saturated rings. The van der Waals surface area contributed by atoms with Crippen molar-refractivity contribution in [1.29, 1.82) is 0 Å². The van der Waals surface area contributed by atoms with Gasteiger partial charge in [-0.25, -0.2) is 14.3 Å². The van der Waals surface area contributed by atoms with Crippen LogP contribution in [-0.4, -0.2) is 37.0 Å². The second-order valence-electron chi connectivity index (χ2n) is 7.74. The number of nitrogens with zero attached hydrogens (tertiary/aromatic N) is 3. The summed E-state index contributed by atoms with van der Waals surface area (Å²) in [6, 6.07) is 11.5. The molecule has 0 spiro atoms. The maximum Gasteiger partial charge on any atom is 0.335 e. The zero-order chi connectivity index (χ0) is 26.7. The standard InChI is InChI=1S/C25H19Cl2N5O5/c1-2-32-23(34)20(29-25(37)30-22-17(26)11-28-12-18(22)27)10-19(31-32)14-5-3-4-13(8-14)16-9-15(24(35)36)6-7-21(16)33/h3-12,33H,2H2,1H3,(H,35,36)(H2,28,29,30,37). The lowest BCUT2D eigenvalue weighted by Crippen LogP contribution is -2.29. The van der Waals surface area contributed by atoms with Crippen molar-refractivity contribution in [3.63, 3.8) is 0 Å². The maximum absolute atomic E-state index is 12.8. The van der Waals surface area contributed by atoms with Gasteiger partial charge < -0.3 is 20.8 Å². The quantitative estimate of drug-likeness (QED) is 0.258. The average Bonchev–Trinajstić information content (AvgIpc) is 2.87. The molecular weight excluding hydrogens is 521 g/mol. The molecule has 188 valence electrons. The van der Waals surface area contributed by atoms with Crippen LogP contribution in [0.4, 0.5) is 16.2 Å². The van der Waals surface area contributed by atoms with Crippen LogP contribution < -0.4 is 16.2 Å². The number of pyridine rings is 1. The normalized spacial score (nSPS) is 10.7. The Balaban J connectivity index is 1.71. The van der Waals surface area contributed by atoms with E-state index in [1.54, 1.807) is 31.2 Å². The molecule has 10 nitrogen and oxygen atoms in total. The highest BCUT2D eigenvalue weighted by Gasteiger charge is 2.16. The molecule has 4 N–H and O–H groups in total. The number of anilines is 2. The molecule has 0 radical (unpaired) electrons. The van der Waals surface area contributed by atoms with Crippen LogP contribution in [0.25, 0.3) is 22.4 Å². The number of phenols is 1. The minimum Gasteiger partial charge on any atom is -0.507 e. The molecule has 4 aromatic rings. The van der Waals surface area contributed by atoms with Crippen LogP contribution in [0.2, 0.25) is 10.0 Å². The van der Waals surface area contributed by atoms with Crippen molar-refractivity contribution < 1.29 is 19.8 Å². The fraction of sp³-hybridized carbons (Fsp3) is 0.0800. The van der Waals surface area contributed by atoms with Gasteiger partial charge in [0.25, 0.3) is 5.56 Å². The van der Waals surface area contributed by atoms with Gasteiger partial charge >= 0.3 is 12.0 Å². The van der Waals surface area contributed by atoms with Crippen LogP contribution in [0, 0.1) is 0 Å². The topological polar surface area (TPSA) is 146 Å². The number of aromatic nitrogens is 3. The Hall–Kier alpha value is -4.41. The summed E-state index contributed by atoms with van der Waals surface area (Å²) in [5.74, 6) is -1.22. The number of carboxylic acids is 1. The summed E-state index contributed by atoms with van der Waals surface area (Å²) >= 11 is 12.1. The zero-order valence-electron chi connectivity index (χ0n) is 19.2. The van der Waals surface area contributed by atoms with E-state index < -0.39 is 17.6 Å². The van der Waals surface area contributed by atoms with E-state index in [0.717, 1.165) is 0 Å². The van der Waals surface area contributed by atoms with Gasteiger partial charge in [0, 0.05) is 30.1 Å². The van der Waals surface area contributed by atoms with Gasteiger partial charge in [-0.05, 0) is 42.8 Å². The van der Waals surface area contributed by atoms with Crippen LogP contribution in [0.1, 0.15) is 17.3 Å². The number of amides is 2. The molecule has 0 bridgehead atoms.